The van der Waals surface area contributed by atoms with E-state index in [4.69, 9.17) is 21.8 Å². The van der Waals surface area contributed by atoms with Crippen molar-refractivity contribution in [2.45, 2.75) is 12.8 Å². The number of rotatable bonds is 6. The van der Waals surface area contributed by atoms with Gasteiger partial charge in [-0.2, -0.15) is 10.7 Å². The molecule has 0 heterocycles. The van der Waals surface area contributed by atoms with Gasteiger partial charge >= 0.3 is 5.97 Å². The van der Waals surface area contributed by atoms with Gasteiger partial charge in [-0.3, -0.25) is 10.2 Å². The summed E-state index contributed by atoms with van der Waals surface area (Å²) in [5.74, 6) is -1.24. The molecule has 0 spiro atoms. The van der Waals surface area contributed by atoms with Crippen LogP contribution >= 0.6 is 0 Å². The maximum absolute atomic E-state index is 10.5. The van der Waals surface area contributed by atoms with Crippen molar-refractivity contribution < 1.29 is 15.1 Å². The van der Waals surface area contributed by atoms with E-state index in [1.165, 1.54) is 5.59 Å². The fourth-order valence-electron chi connectivity index (χ4n) is 0.726. The molecular formula is C6H13N5O3. The van der Waals surface area contributed by atoms with Crippen LogP contribution in [0.2, 0.25) is 0 Å². The summed E-state index contributed by atoms with van der Waals surface area (Å²) in [6, 6.07) is 0. The first-order chi connectivity index (χ1) is 6.57. The second kappa shape index (κ2) is 6.66. The summed E-state index contributed by atoms with van der Waals surface area (Å²) in [5.41, 5.74) is 11.4. The van der Waals surface area contributed by atoms with Crippen molar-refractivity contribution in [3.8, 4) is 0 Å². The zero-order valence-corrected chi connectivity index (χ0v) is 7.47. The lowest BCUT2D eigenvalue weighted by Gasteiger charge is -1.98. The van der Waals surface area contributed by atoms with E-state index in [0.717, 1.165) is 0 Å². The van der Waals surface area contributed by atoms with E-state index in [-0.39, 0.29) is 18.1 Å². The van der Waals surface area contributed by atoms with E-state index in [9.17, 15) is 4.79 Å². The summed E-state index contributed by atoms with van der Waals surface area (Å²) in [7, 11) is 0. The summed E-state index contributed by atoms with van der Waals surface area (Å²) in [6.07, 6.45) is 0.602. The SMILES string of the molecule is NC(N)=NCCCC(=NNO)C(=O)O. The molecule has 80 valence electrons. The highest BCUT2D eigenvalue weighted by Crippen LogP contribution is 1.94. The Balaban J connectivity index is 3.91. The molecule has 0 aliphatic carbocycles. The molecule has 0 saturated carbocycles. The summed E-state index contributed by atoms with van der Waals surface area (Å²) >= 11 is 0. The molecule has 0 fully saturated rings. The third kappa shape index (κ3) is 5.77. The van der Waals surface area contributed by atoms with Crippen LogP contribution in [0.3, 0.4) is 0 Å². The lowest BCUT2D eigenvalue weighted by Crippen LogP contribution is -2.23. The van der Waals surface area contributed by atoms with Crippen molar-refractivity contribution in [1.29, 1.82) is 0 Å². The van der Waals surface area contributed by atoms with Crippen LogP contribution in [-0.2, 0) is 4.79 Å². The van der Waals surface area contributed by atoms with Gasteiger partial charge in [-0.1, -0.05) is 0 Å². The molecule has 0 amide bonds. The number of nitrogens with one attached hydrogen (secondary N) is 1. The molecule has 0 unspecified atom stereocenters. The Labute approximate surface area is 80.3 Å². The fraction of sp³-hybridized carbons (Fsp3) is 0.500. The number of carbonyl (C=O) groups is 1. The van der Waals surface area contributed by atoms with Gasteiger partial charge in [0.05, 0.1) is 0 Å². The van der Waals surface area contributed by atoms with Crippen LogP contribution in [0.1, 0.15) is 12.8 Å². The Hall–Kier alpha value is -1.83. The molecule has 0 radical (unpaired) electrons. The van der Waals surface area contributed by atoms with Crippen LogP contribution in [0.25, 0.3) is 0 Å². The Bertz CT molecular complexity index is 246. The number of nitrogens with two attached hydrogens (primary N) is 2. The first kappa shape index (κ1) is 12.2. The van der Waals surface area contributed by atoms with Gasteiger partial charge in [0.2, 0.25) is 0 Å². The van der Waals surface area contributed by atoms with Gasteiger partial charge in [0.1, 0.15) is 5.71 Å². The minimum Gasteiger partial charge on any atom is -0.477 e. The van der Waals surface area contributed by atoms with Gasteiger partial charge in [-0.05, 0) is 6.42 Å². The monoisotopic (exact) mass is 203 g/mol. The highest BCUT2D eigenvalue weighted by atomic mass is 16.5. The molecule has 0 atom stereocenters. The molecule has 0 aromatic heterocycles. The van der Waals surface area contributed by atoms with Crippen LogP contribution in [0.15, 0.2) is 10.1 Å². The number of aliphatic carboxylic acids is 1. The van der Waals surface area contributed by atoms with Crippen LogP contribution in [-0.4, -0.2) is 34.5 Å². The van der Waals surface area contributed by atoms with Crippen molar-refractivity contribution in [3.63, 3.8) is 0 Å². The standard InChI is InChI=1S/C6H13N5O3/c7-6(8)9-3-1-2-4(5(12)13)10-11-14/h11,14H,1-3H2,(H,12,13)(H4,7,8,9). The van der Waals surface area contributed by atoms with E-state index >= 15 is 0 Å². The van der Waals surface area contributed by atoms with E-state index in [1.54, 1.807) is 0 Å². The molecule has 0 saturated heterocycles. The first-order valence-corrected chi connectivity index (χ1v) is 3.82. The Morgan fingerprint density at radius 3 is 2.50 bits per heavy atom. The molecule has 0 aromatic rings. The highest BCUT2D eigenvalue weighted by Gasteiger charge is 2.08. The lowest BCUT2D eigenvalue weighted by atomic mass is 10.2. The van der Waals surface area contributed by atoms with Crippen molar-refractivity contribution in [3.05, 3.63) is 0 Å². The molecule has 0 aliphatic heterocycles. The number of hydrogen-bond acceptors (Lipinski definition) is 5. The quantitative estimate of drug-likeness (QED) is 0.153. The largest absolute Gasteiger partial charge is 0.477 e. The van der Waals surface area contributed by atoms with E-state index in [1.807, 2.05) is 0 Å². The predicted molar refractivity (Wildman–Crippen MR) is 49.9 cm³/mol. The molecule has 14 heavy (non-hydrogen) atoms. The molecule has 8 nitrogen and oxygen atoms in total. The van der Waals surface area contributed by atoms with Gasteiger partial charge in [-0.25, -0.2) is 4.79 Å². The predicted octanol–water partition coefficient (Wildman–Crippen LogP) is -1.54. The molecule has 7 N–H and O–H groups in total. The van der Waals surface area contributed by atoms with Crippen molar-refractivity contribution in [2.75, 3.05) is 6.54 Å². The molecule has 0 aliphatic rings. The summed E-state index contributed by atoms with van der Waals surface area (Å²) in [5, 5.41) is 19.9. The second-order valence-electron chi connectivity index (χ2n) is 2.37. The fourth-order valence-corrected chi connectivity index (χ4v) is 0.726. The van der Waals surface area contributed by atoms with Gasteiger partial charge < -0.3 is 16.6 Å². The number of carboxylic acids is 1. The number of guanidine groups is 1. The highest BCUT2D eigenvalue weighted by molar-refractivity contribution is 6.35. The topological polar surface area (TPSA) is 146 Å². The van der Waals surface area contributed by atoms with Crippen LogP contribution in [0.4, 0.5) is 0 Å². The van der Waals surface area contributed by atoms with Crippen LogP contribution in [0.5, 0.6) is 0 Å². The first-order valence-electron chi connectivity index (χ1n) is 3.82. The molecule has 0 rings (SSSR count). The van der Waals surface area contributed by atoms with Gasteiger partial charge in [0, 0.05) is 13.0 Å². The molecule has 0 bridgehead atoms. The smallest absolute Gasteiger partial charge is 0.352 e. The number of carboxylic acid groups (broad SMARTS) is 1. The van der Waals surface area contributed by atoms with Crippen LogP contribution < -0.4 is 17.1 Å². The second-order valence-corrected chi connectivity index (χ2v) is 2.37. The summed E-state index contributed by atoms with van der Waals surface area (Å²) in [6.45, 7) is 0.320. The van der Waals surface area contributed by atoms with E-state index < -0.39 is 5.97 Å². The Morgan fingerprint density at radius 1 is 1.43 bits per heavy atom. The summed E-state index contributed by atoms with van der Waals surface area (Å²) in [4.78, 5) is 14.1. The molecular weight excluding hydrogens is 190 g/mol. The Morgan fingerprint density at radius 2 is 2.07 bits per heavy atom. The zero-order chi connectivity index (χ0) is 11.0. The van der Waals surface area contributed by atoms with Gasteiger partial charge in [0.25, 0.3) is 0 Å². The van der Waals surface area contributed by atoms with Crippen molar-refractivity contribution >= 4 is 17.6 Å². The minimum atomic E-state index is -1.20. The average Bonchev–Trinajstić information content (AvgIpc) is 2.09. The Kier molecular flexibility index (Phi) is 5.79. The maximum atomic E-state index is 10.5. The normalized spacial score (nSPS) is 10.8. The zero-order valence-electron chi connectivity index (χ0n) is 7.47. The lowest BCUT2D eigenvalue weighted by molar-refractivity contribution is -0.129. The summed E-state index contributed by atoms with van der Waals surface area (Å²) < 4.78 is 0. The maximum Gasteiger partial charge on any atom is 0.352 e. The molecule has 0 aromatic carbocycles. The average molecular weight is 203 g/mol. The number of nitrogens with zero attached hydrogens (tertiary/aromatic N) is 2. The van der Waals surface area contributed by atoms with Gasteiger partial charge in [-0.15, -0.1) is 0 Å². The van der Waals surface area contributed by atoms with Gasteiger partial charge in [0.15, 0.2) is 5.96 Å². The number of hydrogen-bond donors (Lipinski definition) is 5. The molecule has 8 heteroatoms. The van der Waals surface area contributed by atoms with E-state index in [0.29, 0.717) is 13.0 Å². The number of aliphatic imine (C=N–C) groups is 1. The van der Waals surface area contributed by atoms with Crippen molar-refractivity contribution in [2.24, 2.45) is 21.6 Å². The van der Waals surface area contributed by atoms with Crippen molar-refractivity contribution in [1.82, 2.24) is 5.59 Å². The third-order valence-corrected chi connectivity index (χ3v) is 1.30. The van der Waals surface area contributed by atoms with Crippen LogP contribution in [0, 0.1) is 0 Å². The third-order valence-electron chi connectivity index (χ3n) is 1.30. The minimum absolute atomic E-state index is 0.0425. The number of hydrazone groups is 1. The van der Waals surface area contributed by atoms with E-state index in [2.05, 4.69) is 10.1 Å².